The molecule has 142 valence electrons. The number of thiazole rings is 1. The first-order chi connectivity index (χ1) is 12.8. The van der Waals surface area contributed by atoms with Gasteiger partial charge in [-0.1, -0.05) is 18.2 Å². The molecular formula is C20H25N5OS. The van der Waals surface area contributed by atoms with E-state index in [0.717, 1.165) is 28.5 Å². The first-order valence-corrected chi connectivity index (χ1v) is 9.92. The van der Waals surface area contributed by atoms with Crippen LogP contribution in [0.5, 0.6) is 0 Å². The summed E-state index contributed by atoms with van der Waals surface area (Å²) >= 11 is 1.36. The summed E-state index contributed by atoms with van der Waals surface area (Å²) in [5, 5.41) is 12.4. The molecule has 0 unspecified atom stereocenters. The Morgan fingerprint density at radius 2 is 1.96 bits per heavy atom. The topological polar surface area (TPSA) is 72.7 Å². The third-order valence-electron chi connectivity index (χ3n) is 4.82. The summed E-state index contributed by atoms with van der Waals surface area (Å²) in [6, 6.07) is 6.34. The van der Waals surface area contributed by atoms with Crippen LogP contribution in [0.3, 0.4) is 0 Å². The fourth-order valence-corrected chi connectivity index (χ4v) is 3.74. The minimum atomic E-state index is -0.0789. The number of nitrogens with one attached hydrogen (secondary N) is 1. The highest BCUT2D eigenvalue weighted by Gasteiger charge is 2.21. The standard InChI is InChI=1S/C20H25N5OS/c1-7-13(4)21-19(26)18-14(5)22-20(27-18)17-15(6)25(24-23-17)16-9-8-11(2)12(3)10-16/h8-10,13H,7H2,1-6H3,(H,21,26)/t13-/m1/s1. The number of carbonyl (C=O) groups excluding carboxylic acids is 1. The molecule has 1 N–H and O–H groups in total. The van der Waals surface area contributed by atoms with Crippen molar-refractivity contribution in [3.05, 3.63) is 45.6 Å². The highest BCUT2D eigenvalue weighted by Crippen LogP contribution is 2.29. The number of aromatic nitrogens is 4. The Morgan fingerprint density at radius 3 is 2.63 bits per heavy atom. The van der Waals surface area contributed by atoms with Crippen molar-refractivity contribution in [3.63, 3.8) is 0 Å². The van der Waals surface area contributed by atoms with E-state index in [2.05, 4.69) is 46.6 Å². The van der Waals surface area contributed by atoms with Crippen LogP contribution in [0, 0.1) is 27.7 Å². The molecule has 3 rings (SSSR count). The summed E-state index contributed by atoms with van der Waals surface area (Å²) in [5.74, 6) is -0.0789. The molecule has 27 heavy (non-hydrogen) atoms. The fraction of sp³-hybridized carbons (Fsp3) is 0.400. The van der Waals surface area contributed by atoms with Crippen LogP contribution in [0.2, 0.25) is 0 Å². The van der Waals surface area contributed by atoms with Gasteiger partial charge in [-0.25, -0.2) is 9.67 Å². The summed E-state index contributed by atoms with van der Waals surface area (Å²) in [5.41, 5.74) is 5.75. The third-order valence-corrected chi connectivity index (χ3v) is 5.99. The van der Waals surface area contributed by atoms with Crippen molar-refractivity contribution in [2.75, 3.05) is 0 Å². The zero-order valence-corrected chi connectivity index (χ0v) is 17.4. The minimum Gasteiger partial charge on any atom is -0.349 e. The van der Waals surface area contributed by atoms with Crippen molar-refractivity contribution < 1.29 is 4.79 Å². The molecule has 0 saturated heterocycles. The van der Waals surface area contributed by atoms with Crippen LogP contribution in [0.1, 0.15) is 52.5 Å². The van der Waals surface area contributed by atoms with Gasteiger partial charge in [-0.05, 0) is 64.3 Å². The van der Waals surface area contributed by atoms with Crippen molar-refractivity contribution in [2.45, 2.75) is 54.0 Å². The fourth-order valence-electron chi connectivity index (χ4n) is 2.73. The van der Waals surface area contributed by atoms with E-state index in [0.29, 0.717) is 10.6 Å². The molecule has 0 saturated carbocycles. The number of nitrogens with zero attached hydrogens (tertiary/aromatic N) is 4. The van der Waals surface area contributed by atoms with Gasteiger partial charge >= 0.3 is 0 Å². The molecule has 0 radical (unpaired) electrons. The van der Waals surface area contributed by atoms with E-state index in [1.54, 1.807) is 0 Å². The van der Waals surface area contributed by atoms with Crippen LogP contribution in [0.4, 0.5) is 0 Å². The van der Waals surface area contributed by atoms with Gasteiger partial charge in [0, 0.05) is 6.04 Å². The van der Waals surface area contributed by atoms with E-state index >= 15 is 0 Å². The van der Waals surface area contributed by atoms with Gasteiger partial charge in [0.1, 0.15) is 15.6 Å². The SMILES string of the molecule is CC[C@@H](C)NC(=O)c1sc(-c2nnn(-c3ccc(C)c(C)c3)c2C)nc1C. The molecule has 1 atom stereocenters. The Morgan fingerprint density at radius 1 is 1.22 bits per heavy atom. The maximum absolute atomic E-state index is 12.5. The lowest BCUT2D eigenvalue weighted by Gasteiger charge is -2.09. The lowest BCUT2D eigenvalue weighted by atomic mass is 10.1. The van der Waals surface area contributed by atoms with Gasteiger partial charge < -0.3 is 5.32 Å². The maximum Gasteiger partial charge on any atom is 0.263 e. The first kappa shape index (κ1) is 19.2. The molecule has 0 spiro atoms. The smallest absolute Gasteiger partial charge is 0.263 e. The number of hydrogen-bond acceptors (Lipinski definition) is 5. The second kappa shape index (κ2) is 7.60. The molecule has 3 aromatic rings. The van der Waals surface area contributed by atoms with Crippen molar-refractivity contribution >= 4 is 17.2 Å². The highest BCUT2D eigenvalue weighted by molar-refractivity contribution is 7.17. The minimum absolute atomic E-state index is 0.0789. The molecular weight excluding hydrogens is 358 g/mol. The summed E-state index contributed by atoms with van der Waals surface area (Å²) < 4.78 is 1.82. The molecule has 0 aliphatic rings. The number of aryl methyl sites for hydroxylation is 3. The predicted molar refractivity (Wildman–Crippen MR) is 109 cm³/mol. The van der Waals surface area contributed by atoms with Gasteiger partial charge in [-0.2, -0.15) is 0 Å². The molecule has 7 heteroatoms. The Kier molecular flexibility index (Phi) is 5.41. The van der Waals surface area contributed by atoms with Crippen LogP contribution in [-0.4, -0.2) is 31.9 Å². The van der Waals surface area contributed by atoms with E-state index in [9.17, 15) is 4.79 Å². The maximum atomic E-state index is 12.5. The van der Waals surface area contributed by atoms with Gasteiger partial charge in [-0.3, -0.25) is 4.79 Å². The zero-order chi connectivity index (χ0) is 19.7. The molecule has 1 amide bonds. The summed E-state index contributed by atoms with van der Waals surface area (Å²) in [7, 11) is 0. The second-order valence-electron chi connectivity index (χ2n) is 6.92. The van der Waals surface area contributed by atoms with Crippen LogP contribution in [0.25, 0.3) is 16.4 Å². The van der Waals surface area contributed by atoms with Gasteiger partial charge in [-0.15, -0.1) is 16.4 Å². The number of hydrogen-bond donors (Lipinski definition) is 1. The quantitative estimate of drug-likeness (QED) is 0.718. The average Bonchev–Trinajstić information content (AvgIpc) is 3.20. The third kappa shape index (κ3) is 3.78. The van der Waals surface area contributed by atoms with Crippen LogP contribution < -0.4 is 5.32 Å². The van der Waals surface area contributed by atoms with Crippen LogP contribution >= 0.6 is 11.3 Å². The van der Waals surface area contributed by atoms with Crippen molar-refractivity contribution in [2.24, 2.45) is 0 Å². The molecule has 1 aromatic carbocycles. The molecule has 0 aliphatic carbocycles. The zero-order valence-electron chi connectivity index (χ0n) is 16.6. The number of rotatable bonds is 5. The largest absolute Gasteiger partial charge is 0.349 e. The lowest BCUT2D eigenvalue weighted by molar-refractivity contribution is 0.0942. The van der Waals surface area contributed by atoms with Gasteiger partial charge in [0.25, 0.3) is 5.91 Å². The van der Waals surface area contributed by atoms with E-state index in [1.807, 2.05) is 38.4 Å². The summed E-state index contributed by atoms with van der Waals surface area (Å²) in [6.07, 6.45) is 0.889. The summed E-state index contributed by atoms with van der Waals surface area (Å²) in [6.45, 7) is 12.0. The average molecular weight is 384 g/mol. The van der Waals surface area contributed by atoms with Crippen LogP contribution in [-0.2, 0) is 0 Å². The number of benzene rings is 1. The Balaban J connectivity index is 1.94. The molecule has 2 heterocycles. The summed E-state index contributed by atoms with van der Waals surface area (Å²) in [4.78, 5) is 17.7. The Bertz CT molecular complexity index is 988. The molecule has 2 aromatic heterocycles. The molecule has 0 aliphatic heterocycles. The van der Waals surface area contributed by atoms with Gasteiger partial charge in [0.15, 0.2) is 0 Å². The van der Waals surface area contributed by atoms with Crippen molar-refractivity contribution in [1.82, 2.24) is 25.3 Å². The van der Waals surface area contributed by atoms with E-state index in [4.69, 9.17) is 0 Å². The predicted octanol–water partition coefficient (Wildman–Crippen LogP) is 4.15. The number of carbonyl (C=O) groups is 1. The normalized spacial score (nSPS) is 12.2. The first-order valence-electron chi connectivity index (χ1n) is 9.10. The van der Waals surface area contributed by atoms with Gasteiger partial charge in [0.2, 0.25) is 0 Å². The Labute approximate surface area is 163 Å². The monoisotopic (exact) mass is 383 g/mol. The van der Waals surface area contributed by atoms with Gasteiger partial charge in [0.05, 0.1) is 17.1 Å². The highest BCUT2D eigenvalue weighted by atomic mass is 32.1. The van der Waals surface area contributed by atoms with Crippen molar-refractivity contribution in [1.29, 1.82) is 0 Å². The molecule has 0 bridgehead atoms. The molecule has 0 fully saturated rings. The molecule has 6 nitrogen and oxygen atoms in total. The Hall–Kier alpha value is -2.54. The van der Waals surface area contributed by atoms with Crippen molar-refractivity contribution in [3.8, 4) is 16.4 Å². The number of amides is 1. The van der Waals surface area contributed by atoms with E-state index in [1.165, 1.54) is 22.5 Å². The van der Waals surface area contributed by atoms with E-state index in [-0.39, 0.29) is 11.9 Å². The van der Waals surface area contributed by atoms with E-state index < -0.39 is 0 Å². The van der Waals surface area contributed by atoms with Crippen LogP contribution in [0.15, 0.2) is 18.2 Å². The lowest BCUT2D eigenvalue weighted by Crippen LogP contribution is -2.31. The second-order valence-corrected chi connectivity index (χ2v) is 7.92.